The van der Waals surface area contributed by atoms with Crippen LogP contribution in [0, 0.1) is 13.8 Å². The van der Waals surface area contributed by atoms with Crippen LogP contribution in [0.3, 0.4) is 0 Å². The van der Waals surface area contributed by atoms with Crippen molar-refractivity contribution in [2.24, 2.45) is 4.99 Å². The summed E-state index contributed by atoms with van der Waals surface area (Å²) < 4.78 is 0. The molecule has 1 aromatic heterocycles. The Balaban J connectivity index is 2.02. The third kappa shape index (κ3) is 2.98. The van der Waals surface area contributed by atoms with Crippen LogP contribution in [-0.2, 0) is 6.42 Å². The number of aryl methyl sites for hydroxylation is 1. The minimum atomic E-state index is 0.316. The predicted octanol–water partition coefficient (Wildman–Crippen LogP) is 4.33. The molecule has 2 aromatic rings. The third-order valence-electron chi connectivity index (χ3n) is 4.61. The van der Waals surface area contributed by atoms with Gasteiger partial charge in [0.25, 0.3) is 5.95 Å². The van der Waals surface area contributed by atoms with Gasteiger partial charge < -0.3 is 4.90 Å². The van der Waals surface area contributed by atoms with Gasteiger partial charge in [-0.2, -0.15) is 4.98 Å². The van der Waals surface area contributed by atoms with Crippen LogP contribution in [0.25, 0.3) is 0 Å². The summed E-state index contributed by atoms with van der Waals surface area (Å²) in [6, 6.07) is 9.02. The van der Waals surface area contributed by atoms with Gasteiger partial charge in [-0.05, 0) is 44.7 Å². The molecule has 0 spiro atoms. The SMILES string of the molecule is CCC=Nc1nc(C)c(C)c(N2CCc3ccccc3C2C)n1. The molecule has 2 heterocycles. The first-order chi connectivity index (χ1) is 11.1. The van der Waals surface area contributed by atoms with Gasteiger partial charge in [0, 0.05) is 24.0 Å². The number of benzene rings is 1. The van der Waals surface area contributed by atoms with Crippen LogP contribution in [0.4, 0.5) is 11.8 Å². The molecule has 0 fully saturated rings. The van der Waals surface area contributed by atoms with Crippen molar-refractivity contribution < 1.29 is 0 Å². The average Bonchev–Trinajstić information content (AvgIpc) is 2.57. The molecule has 0 saturated heterocycles. The predicted molar refractivity (Wildman–Crippen MR) is 95.9 cm³/mol. The zero-order valence-electron chi connectivity index (χ0n) is 14.4. The minimum absolute atomic E-state index is 0.316. The Bertz CT molecular complexity index is 736. The standard InChI is InChI=1S/C19H24N4/c1-5-11-20-19-21-14(3)13(2)18(22-19)23-12-10-16-8-6-7-9-17(16)15(23)4/h6-9,11,15H,5,10,12H2,1-4H3. The quantitative estimate of drug-likeness (QED) is 0.793. The summed E-state index contributed by atoms with van der Waals surface area (Å²) in [7, 11) is 0. The Morgan fingerprint density at radius 3 is 2.83 bits per heavy atom. The number of fused-ring (bicyclic) bond motifs is 1. The van der Waals surface area contributed by atoms with Gasteiger partial charge in [-0.25, -0.2) is 9.98 Å². The van der Waals surface area contributed by atoms with Crippen LogP contribution >= 0.6 is 0 Å². The van der Waals surface area contributed by atoms with Crippen molar-refractivity contribution in [1.29, 1.82) is 0 Å². The van der Waals surface area contributed by atoms with Crippen molar-refractivity contribution >= 4 is 18.0 Å². The number of rotatable bonds is 3. The zero-order chi connectivity index (χ0) is 16.4. The largest absolute Gasteiger partial charge is 0.349 e. The maximum absolute atomic E-state index is 4.73. The van der Waals surface area contributed by atoms with Gasteiger partial charge in [0.15, 0.2) is 0 Å². The molecule has 4 nitrogen and oxygen atoms in total. The van der Waals surface area contributed by atoms with E-state index >= 15 is 0 Å². The number of hydrogen-bond donors (Lipinski definition) is 0. The van der Waals surface area contributed by atoms with E-state index in [1.54, 1.807) is 0 Å². The molecular formula is C19H24N4. The monoisotopic (exact) mass is 308 g/mol. The van der Waals surface area contributed by atoms with Gasteiger partial charge in [0.2, 0.25) is 0 Å². The Hall–Kier alpha value is -2.23. The molecule has 0 radical (unpaired) electrons. The summed E-state index contributed by atoms with van der Waals surface area (Å²) in [5.74, 6) is 1.58. The number of aromatic nitrogens is 2. The maximum atomic E-state index is 4.73. The molecule has 0 amide bonds. The van der Waals surface area contributed by atoms with Gasteiger partial charge in [-0.15, -0.1) is 0 Å². The van der Waals surface area contributed by atoms with E-state index in [9.17, 15) is 0 Å². The normalized spacial score (nSPS) is 17.6. The Labute approximate surface area is 138 Å². The van der Waals surface area contributed by atoms with Crippen molar-refractivity contribution in [2.45, 2.75) is 46.6 Å². The smallest absolute Gasteiger partial charge is 0.251 e. The molecule has 1 aliphatic rings. The minimum Gasteiger partial charge on any atom is -0.349 e. The van der Waals surface area contributed by atoms with Crippen LogP contribution in [-0.4, -0.2) is 22.7 Å². The fourth-order valence-corrected chi connectivity index (χ4v) is 3.17. The van der Waals surface area contributed by atoms with E-state index in [0.29, 0.717) is 12.0 Å². The van der Waals surface area contributed by atoms with Crippen LogP contribution < -0.4 is 4.90 Å². The Morgan fingerprint density at radius 1 is 1.26 bits per heavy atom. The third-order valence-corrected chi connectivity index (χ3v) is 4.61. The molecule has 1 aromatic carbocycles. The molecule has 0 saturated carbocycles. The zero-order valence-corrected chi connectivity index (χ0v) is 14.4. The van der Waals surface area contributed by atoms with E-state index in [1.807, 2.05) is 13.1 Å². The molecule has 120 valence electrons. The highest BCUT2D eigenvalue weighted by Crippen LogP contribution is 2.35. The summed E-state index contributed by atoms with van der Waals surface area (Å²) >= 11 is 0. The lowest BCUT2D eigenvalue weighted by Crippen LogP contribution is -2.35. The first-order valence-electron chi connectivity index (χ1n) is 8.34. The Kier molecular flexibility index (Phi) is 4.42. The molecule has 0 bridgehead atoms. The molecule has 0 N–H and O–H groups in total. The molecule has 3 rings (SSSR count). The van der Waals surface area contributed by atoms with Gasteiger partial charge >= 0.3 is 0 Å². The number of aliphatic imine (C=N–C) groups is 1. The number of anilines is 1. The van der Waals surface area contributed by atoms with E-state index in [4.69, 9.17) is 4.98 Å². The van der Waals surface area contributed by atoms with Gasteiger partial charge in [-0.1, -0.05) is 31.2 Å². The molecule has 1 unspecified atom stereocenters. The molecule has 4 heteroatoms. The lowest BCUT2D eigenvalue weighted by atomic mass is 9.93. The molecule has 1 atom stereocenters. The van der Waals surface area contributed by atoms with Crippen molar-refractivity contribution in [3.8, 4) is 0 Å². The van der Waals surface area contributed by atoms with Crippen LogP contribution in [0.1, 0.15) is 48.7 Å². The summed E-state index contributed by atoms with van der Waals surface area (Å²) in [6.07, 6.45) is 3.80. The van der Waals surface area contributed by atoms with Crippen LogP contribution in [0.2, 0.25) is 0 Å². The highest BCUT2D eigenvalue weighted by atomic mass is 15.2. The van der Waals surface area contributed by atoms with Crippen LogP contribution in [0.15, 0.2) is 29.3 Å². The van der Waals surface area contributed by atoms with Crippen molar-refractivity contribution in [3.63, 3.8) is 0 Å². The first-order valence-corrected chi connectivity index (χ1v) is 8.34. The summed E-state index contributed by atoms with van der Waals surface area (Å²) in [5, 5.41) is 0. The topological polar surface area (TPSA) is 41.4 Å². The van der Waals surface area contributed by atoms with Crippen molar-refractivity contribution in [1.82, 2.24) is 9.97 Å². The summed E-state index contributed by atoms with van der Waals surface area (Å²) in [5.41, 5.74) is 4.99. The number of hydrogen-bond acceptors (Lipinski definition) is 4. The van der Waals surface area contributed by atoms with E-state index in [-0.39, 0.29) is 0 Å². The molecule has 0 aliphatic carbocycles. The second-order valence-electron chi connectivity index (χ2n) is 6.10. The Morgan fingerprint density at radius 2 is 2.04 bits per heavy atom. The second-order valence-corrected chi connectivity index (χ2v) is 6.10. The van der Waals surface area contributed by atoms with Crippen LogP contribution in [0.5, 0.6) is 0 Å². The lowest BCUT2D eigenvalue weighted by molar-refractivity contribution is 0.614. The molecule has 1 aliphatic heterocycles. The first kappa shape index (κ1) is 15.7. The summed E-state index contributed by atoms with van der Waals surface area (Å²) in [6.45, 7) is 9.44. The van der Waals surface area contributed by atoms with E-state index in [0.717, 1.165) is 36.5 Å². The lowest BCUT2D eigenvalue weighted by Gasteiger charge is -2.37. The van der Waals surface area contributed by atoms with Gasteiger partial charge in [0.1, 0.15) is 5.82 Å². The second kappa shape index (κ2) is 6.49. The molecular weight excluding hydrogens is 284 g/mol. The maximum Gasteiger partial charge on any atom is 0.251 e. The van der Waals surface area contributed by atoms with E-state index < -0.39 is 0 Å². The summed E-state index contributed by atoms with van der Waals surface area (Å²) in [4.78, 5) is 16.0. The average molecular weight is 308 g/mol. The van der Waals surface area contributed by atoms with E-state index in [2.05, 4.69) is 59.9 Å². The van der Waals surface area contributed by atoms with E-state index in [1.165, 1.54) is 11.1 Å². The van der Waals surface area contributed by atoms with Crippen molar-refractivity contribution in [3.05, 3.63) is 46.6 Å². The van der Waals surface area contributed by atoms with Gasteiger partial charge in [-0.3, -0.25) is 0 Å². The van der Waals surface area contributed by atoms with Crippen molar-refractivity contribution in [2.75, 3.05) is 11.4 Å². The highest BCUT2D eigenvalue weighted by Gasteiger charge is 2.26. The fourth-order valence-electron chi connectivity index (χ4n) is 3.17. The number of nitrogens with zero attached hydrogens (tertiary/aromatic N) is 4. The highest BCUT2D eigenvalue weighted by molar-refractivity contribution is 5.62. The fraction of sp³-hybridized carbons (Fsp3) is 0.421. The molecule has 23 heavy (non-hydrogen) atoms. The van der Waals surface area contributed by atoms with Gasteiger partial charge in [0.05, 0.1) is 6.04 Å².